The standard InChI is InChI=1S/C17H16N4OS2/c1-10-4-5-12(8-14(10)22-3)19-16-20-13(9-24-16)15-11(2)18-17-21(15)6-7-23-17/h4-9H,1-3H3,(H,19,20). The lowest BCUT2D eigenvalue weighted by atomic mass is 10.2. The molecule has 0 aliphatic rings. The van der Waals surface area contributed by atoms with Gasteiger partial charge in [0.1, 0.15) is 11.4 Å². The number of methoxy groups -OCH3 is 1. The molecule has 0 bridgehead atoms. The van der Waals surface area contributed by atoms with Crippen LogP contribution in [-0.2, 0) is 0 Å². The third-order valence-corrected chi connectivity index (χ3v) is 5.36. The molecule has 122 valence electrons. The zero-order valence-electron chi connectivity index (χ0n) is 13.5. The SMILES string of the molecule is COc1cc(Nc2nc(-c3c(C)nc4sccn34)cs2)ccc1C. The molecule has 3 aromatic heterocycles. The molecule has 1 N–H and O–H groups in total. The predicted molar refractivity (Wildman–Crippen MR) is 99.9 cm³/mol. The van der Waals surface area contributed by atoms with Gasteiger partial charge in [0.15, 0.2) is 10.1 Å². The number of rotatable bonds is 4. The maximum atomic E-state index is 5.38. The first-order valence-electron chi connectivity index (χ1n) is 7.45. The Kier molecular flexibility index (Phi) is 3.74. The van der Waals surface area contributed by atoms with Crippen molar-refractivity contribution >= 4 is 38.5 Å². The Labute approximate surface area is 147 Å². The fraction of sp³-hybridized carbons (Fsp3) is 0.176. The summed E-state index contributed by atoms with van der Waals surface area (Å²) < 4.78 is 7.47. The minimum Gasteiger partial charge on any atom is -0.496 e. The van der Waals surface area contributed by atoms with Crippen LogP contribution in [0.3, 0.4) is 0 Å². The summed E-state index contributed by atoms with van der Waals surface area (Å²) in [5.41, 5.74) is 5.05. The van der Waals surface area contributed by atoms with E-state index in [1.807, 2.05) is 43.6 Å². The number of aryl methyl sites for hydroxylation is 2. The van der Waals surface area contributed by atoms with E-state index in [4.69, 9.17) is 9.72 Å². The van der Waals surface area contributed by atoms with Crippen molar-refractivity contribution in [3.63, 3.8) is 0 Å². The van der Waals surface area contributed by atoms with Gasteiger partial charge in [-0.15, -0.1) is 22.7 Å². The fourth-order valence-electron chi connectivity index (χ4n) is 2.66. The summed E-state index contributed by atoms with van der Waals surface area (Å²) >= 11 is 3.21. The first-order chi connectivity index (χ1) is 11.7. The number of fused-ring (bicyclic) bond motifs is 1. The Bertz CT molecular complexity index is 1010. The average molecular weight is 356 g/mol. The zero-order chi connectivity index (χ0) is 16.7. The largest absolute Gasteiger partial charge is 0.496 e. The van der Waals surface area contributed by atoms with Crippen LogP contribution < -0.4 is 10.1 Å². The van der Waals surface area contributed by atoms with E-state index in [2.05, 4.69) is 20.1 Å². The minimum absolute atomic E-state index is 0.848. The molecule has 7 heteroatoms. The number of anilines is 2. The lowest BCUT2D eigenvalue weighted by molar-refractivity contribution is 0.412. The second-order valence-electron chi connectivity index (χ2n) is 5.45. The maximum Gasteiger partial charge on any atom is 0.194 e. The number of thiazole rings is 2. The van der Waals surface area contributed by atoms with Gasteiger partial charge in [-0.05, 0) is 25.5 Å². The van der Waals surface area contributed by atoms with Gasteiger partial charge in [-0.1, -0.05) is 6.07 Å². The Morgan fingerprint density at radius 2 is 2.04 bits per heavy atom. The summed E-state index contributed by atoms with van der Waals surface area (Å²) in [6, 6.07) is 6.04. The summed E-state index contributed by atoms with van der Waals surface area (Å²) in [7, 11) is 1.68. The molecule has 24 heavy (non-hydrogen) atoms. The Morgan fingerprint density at radius 1 is 1.17 bits per heavy atom. The van der Waals surface area contributed by atoms with Crippen molar-refractivity contribution in [3.05, 3.63) is 46.4 Å². The van der Waals surface area contributed by atoms with Gasteiger partial charge in [0.2, 0.25) is 0 Å². The summed E-state index contributed by atoms with van der Waals surface area (Å²) in [6.45, 7) is 4.05. The monoisotopic (exact) mass is 356 g/mol. The smallest absolute Gasteiger partial charge is 0.194 e. The van der Waals surface area contributed by atoms with Crippen LogP contribution in [0.5, 0.6) is 5.75 Å². The van der Waals surface area contributed by atoms with Crippen LogP contribution >= 0.6 is 22.7 Å². The summed E-state index contributed by atoms with van der Waals surface area (Å²) in [5.74, 6) is 0.864. The van der Waals surface area contributed by atoms with E-state index in [0.29, 0.717) is 0 Å². The van der Waals surface area contributed by atoms with Gasteiger partial charge in [-0.2, -0.15) is 0 Å². The number of ether oxygens (including phenoxy) is 1. The van der Waals surface area contributed by atoms with Crippen LogP contribution in [0.25, 0.3) is 16.3 Å². The second-order valence-corrected chi connectivity index (χ2v) is 7.18. The molecule has 1 aromatic carbocycles. The van der Waals surface area contributed by atoms with Crippen LogP contribution in [0, 0.1) is 13.8 Å². The molecule has 0 spiro atoms. The number of hydrogen-bond acceptors (Lipinski definition) is 6. The topological polar surface area (TPSA) is 51.5 Å². The average Bonchev–Trinajstić information content (AvgIpc) is 3.25. The highest BCUT2D eigenvalue weighted by atomic mass is 32.1. The van der Waals surface area contributed by atoms with Gasteiger partial charge >= 0.3 is 0 Å². The molecule has 0 fully saturated rings. The van der Waals surface area contributed by atoms with E-state index in [1.165, 1.54) is 0 Å². The van der Waals surface area contributed by atoms with Crippen LogP contribution in [-0.4, -0.2) is 21.5 Å². The molecule has 0 aliphatic carbocycles. The zero-order valence-corrected chi connectivity index (χ0v) is 15.2. The molecule has 4 rings (SSSR count). The van der Waals surface area contributed by atoms with Gasteiger partial charge in [0, 0.05) is 28.7 Å². The highest BCUT2D eigenvalue weighted by molar-refractivity contribution is 7.15. The van der Waals surface area contributed by atoms with E-state index in [9.17, 15) is 0 Å². The molecule has 0 aliphatic heterocycles. The van der Waals surface area contributed by atoms with E-state index in [-0.39, 0.29) is 0 Å². The molecule has 3 heterocycles. The van der Waals surface area contributed by atoms with Crippen molar-refractivity contribution in [1.29, 1.82) is 0 Å². The Balaban J connectivity index is 1.66. The number of imidazole rings is 1. The van der Waals surface area contributed by atoms with Crippen molar-refractivity contribution in [2.75, 3.05) is 12.4 Å². The fourth-order valence-corrected chi connectivity index (χ4v) is 4.14. The van der Waals surface area contributed by atoms with Crippen molar-refractivity contribution < 1.29 is 4.74 Å². The number of nitrogens with one attached hydrogen (secondary N) is 1. The first-order valence-corrected chi connectivity index (χ1v) is 9.21. The van der Waals surface area contributed by atoms with Crippen molar-refractivity contribution in [3.8, 4) is 17.1 Å². The Morgan fingerprint density at radius 3 is 2.88 bits per heavy atom. The summed E-state index contributed by atoms with van der Waals surface area (Å²) in [6.07, 6.45) is 2.03. The molecule has 4 aromatic rings. The lowest BCUT2D eigenvalue weighted by Crippen LogP contribution is -1.93. The van der Waals surface area contributed by atoms with Gasteiger partial charge in [-0.25, -0.2) is 9.97 Å². The van der Waals surface area contributed by atoms with Crippen molar-refractivity contribution in [2.24, 2.45) is 0 Å². The third-order valence-electron chi connectivity index (χ3n) is 3.84. The number of benzene rings is 1. The van der Waals surface area contributed by atoms with Gasteiger partial charge < -0.3 is 10.1 Å². The lowest BCUT2D eigenvalue weighted by Gasteiger charge is -2.08. The predicted octanol–water partition coefficient (Wildman–Crippen LogP) is 4.89. The highest BCUT2D eigenvalue weighted by Gasteiger charge is 2.15. The normalized spacial score (nSPS) is 11.1. The molecule has 0 unspecified atom stereocenters. The number of nitrogens with zero attached hydrogens (tertiary/aromatic N) is 3. The van der Waals surface area contributed by atoms with E-state index >= 15 is 0 Å². The molecular weight excluding hydrogens is 340 g/mol. The van der Waals surface area contributed by atoms with E-state index in [0.717, 1.165) is 44.2 Å². The molecule has 0 saturated heterocycles. The number of aromatic nitrogens is 3. The van der Waals surface area contributed by atoms with Gasteiger partial charge in [0.25, 0.3) is 0 Å². The van der Waals surface area contributed by atoms with Crippen molar-refractivity contribution in [1.82, 2.24) is 14.4 Å². The second kappa shape index (κ2) is 5.92. The van der Waals surface area contributed by atoms with Crippen LogP contribution in [0.4, 0.5) is 10.8 Å². The quantitative estimate of drug-likeness (QED) is 0.566. The molecule has 0 radical (unpaired) electrons. The van der Waals surface area contributed by atoms with Crippen LogP contribution in [0.1, 0.15) is 11.3 Å². The first kappa shape index (κ1) is 15.2. The highest BCUT2D eigenvalue weighted by Crippen LogP contribution is 2.32. The molecule has 0 amide bonds. The summed E-state index contributed by atoms with van der Waals surface area (Å²) in [5, 5.41) is 8.29. The molecule has 5 nitrogen and oxygen atoms in total. The van der Waals surface area contributed by atoms with Gasteiger partial charge in [-0.3, -0.25) is 4.40 Å². The summed E-state index contributed by atoms with van der Waals surface area (Å²) in [4.78, 5) is 10.3. The van der Waals surface area contributed by atoms with E-state index in [1.54, 1.807) is 29.8 Å². The van der Waals surface area contributed by atoms with Gasteiger partial charge in [0.05, 0.1) is 18.5 Å². The van der Waals surface area contributed by atoms with Crippen LogP contribution in [0.15, 0.2) is 35.2 Å². The maximum absolute atomic E-state index is 5.38. The van der Waals surface area contributed by atoms with Crippen LogP contribution in [0.2, 0.25) is 0 Å². The van der Waals surface area contributed by atoms with E-state index < -0.39 is 0 Å². The minimum atomic E-state index is 0.848. The number of hydrogen-bond donors (Lipinski definition) is 1. The molecule has 0 atom stereocenters. The third kappa shape index (κ3) is 2.55. The molecular formula is C17H16N4OS2. The molecule has 0 saturated carbocycles. The van der Waals surface area contributed by atoms with Crippen molar-refractivity contribution in [2.45, 2.75) is 13.8 Å². The Hall–Kier alpha value is -2.38.